The Bertz CT molecular complexity index is 1060. The molecule has 5 nitrogen and oxygen atoms in total. The first-order valence-corrected chi connectivity index (χ1v) is 11.1. The molecule has 31 heavy (non-hydrogen) atoms. The maximum Gasteiger partial charge on any atom is 0.252 e. The maximum atomic E-state index is 13.3. The normalized spacial score (nSPS) is 15.2. The number of hydrogen-bond donors (Lipinski definition) is 1. The van der Waals surface area contributed by atoms with Crippen LogP contribution in [0.1, 0.15) is 55.3 Å². The highest BCUT2D eigenvalue weighted by atomic mass is 16.5. The van der Waals surface area contributed by atoms with Gasteiger partial charge in [0, 0.05) is 17.0 Å². The van der Waals surface area contributed by atoms with Crippen molar-refractivity contribution in [2.45, 2.75) is 51.0 Å². The summed E-state index contributed by atoms with van der Waals surface area (Å²) in [6, 6.07) is 15.6. The number of carbonyl (C=O) groups is 1. The number of amides is 1. The average molecular weight is 419 g/mol. The number of fused-ring (bicyclic) bond motifs is 1. The Morgan fingerprint density at radius 2 is 1.61 bits per heavy atom. The van der Waals surface area contributed by atoms with Crippen molar-refractivity contribution >= 4 is 16.8 Å². The third kappa shape index (κ3) is 4.82. The standard InChI is InChI=1S/C26H30N2O3/c1-30-24-15-14-18(16-25(24)31-2)23-17-21(20-12-8-9-13-22(20)28-23)26(29)27-19-10-6-4-3-5-7-11-19/h8-9,12-17,19H,3-7,10-11H2,1-2H3,(H,27,29). The summed E-state index contributed by atoms with van der Waals surface area (Å²) in [7, 11) is 3.23. The quantitative estimate of drug-likeness (QED) is 0.572. The number of rotatable bonds is 5. The van der Waals surface area contributed by atoms with Gasteiger partial charge in [0.15, 0.2) is 11.5 Å². The van der Waals surface area contributed by atoms with Gasteiger partial charge in [0.1, 0.15) is 0 Å². The molecule has 4 rings (SSSR count). The first kappa shape index (κ1) is 21.2. The topological polar surface area (TPSA) is 60.5 Å². The molecular formula is C26H30N2O3. The number of methoxy groups -OCH3 is 2. The minimum atomic E-state index is -0.0223. The van der Waals surface area contributed by atoms with E-state index in [0.717, 1.165) is 35.0 Å². The molecule has 1 N–H and O–H groups in total. The molecule has 0 saturated heterocycles. The van der Waals surface area contributed by atoms with Crippen molar-refractivity contribution in [1.29, 1.82) is 0 Å². The summed E-state index contributed by atoms with van der Waals surface area (Å²) in [5.74, 6) is 1.27. The van der Waals surface area contributed by atoms with Crippen LogP contribution in [0, 0.1) is 0 Å². The molecule has 2 aromatic carbocycles. The molecular weight excluding hydrogens is 388 g/mol. The molecule has 0 unspecified atom stereocenters. The van der Waals surface area contributed by atoms with E-state index in [9.17, 15) is 4.79 Å². The van der Waals surface area contributed by atoms with E-state index in [1.54, 1.807) is 14.2 Å². The molecule has 1 heterocycles. The zero-order chi connectivity index (χ0) is 21.6. The van der Waals surface area contributed by atoms with E-state index in [2.05, 4.69) is 5.32 Å². The number of benzene rings is 2. The monoisotopic (exact) mass is 418 g/mol. The summed E-state index contributed by atoms with van der Waals surface area (Å²) < 4.78 is 10.8. The van der Waals surface area contributed by atoms with Gasteiger partial charge in [-0.2, -0.15) is 0 Å². The Morgan fingerprint density at radius 3 is 2.35 bits per heavy atom. The van der Waals surface area contributed by atoms with Crippen LogP contribution in [0.25, 0.3) is 22.2 Å². The Morgan fingerprint density at radius 1 is 0.903 bits per heavy atom. The molecule has 1 saturated carbocycles. The van der Waals surface area contributed by atoms with Gasteiger partial charge in [-0.05, 0) is 43.2 Å². The second-order valence-corrected chi connectivity index (χ2v) is 8.16. The maximum absolute atomic E-state index is 13.3. The van der Waals surface area contributed by atoms with Crippen LogP contribution in [0.2, 0.25) is 0 Å². The molecule has 0 aliphatic heterocycles. The fraction of sp³-hybridized carbons (Fsp3) is 0.385. The molecule has 1 aliphatic rings. The number of aromatic nitrogens is 1. The highest BCUT2D eigenvalue weighted by Crippen LogP contribution is 2.33. The predicted molar refractivity (Wildman–Crippen MR) is 124 cm³/mol. The summed E-state index contributed by atoms with van der Waals surface area (Å²) in [4.78, 5) is 18.2. The number of pyridine rings is 1. The van der Waals surface area contributed by atoms with Gasteiger partial charge in [-0.1, -0.05) is 50.3 Å². The average Bonchev–Trinajstić information content (AvgIpc) is 2.79. The minimum Gasteiger partial charge on any atom is -0.493 e. The van der Waals surface area contributed by atoms with Crippen molar-refractivity contribution in [3.8, 4) is 22.8 Å². The third-order valence-corrected chi connectivity index (χ3v) is 6.08. The van der Waals surface area contributed by atoms with Crippen molar-refractivity contribution in [1.82, 2.24) is 10.3 Å². The van der Waals surface area contributed by atoms with Gasteiger partial charge in [-0.15, -0.1) is 0 Å². The summed E-state index contributed by atoms with van der Waals surface area (Å²) in [6.07, 6.45) is 8.29. The molecule has 0 radical (unpaired) electrons. The van der Waals surface area contributed by atoms with Crippen molar-refractivity contribution < 1.29 is 14.3 Å². The molecule has 1 aromatic heterocycles. The smallest absolute Gasteiger partial charge is 0.252 e. The van der Waals surface area contributed by atoms with Gasteiger partial charge in [0.25, 0.3) is 5.91 Å². The number of nitrogens with zero attached hydrogens (tertiary/aromatic N) is 1. The van der Waals surface area contributed by atoms with Crippen molar-refractivity contribution in [3.63, 3.8) is 0 Å². The SMILES string of the molecule is COc1ccc(-c2cc(C(=O)NC3CCCCCCC3)c3ccccc3n2)cc1OC. The second kappa shape index (κ2) is 9.82. The lowest BCUT2D eigenvalue weighted by molar-refractivity contribution is 0.0932. The fourth-order valence-electron chi connectivity index (χ4n) is 4.37. The highest BCUT2D eigenvalue weighted by molar-refractivity contribution is 6.07. The lowest BCUT2D eigenvalue weighted by Gasteiger charge is -2.21. The largest absolute Gasteiger partial charge is 0.493 e. The van der Waals surface area contributed by atoms with Crippen LogP contribution in [0.15, 0.2) is 48.5 Å². The Kier molecular flexibility index (Phi) is 6.70. The molecule has 1 aliphatic carbocycles. The van der Waals surface area contributed by atoms with Gasteiger partial charge in [-0.25, -0.2) is 4.98 Å². The molecule has 162 valence electrons. The highest BCUT2D eigenvalue weighted by Gasteiger charge is 2.19. The van der Waals surface area contributed by atoms with Crippen LogP contribution in [0.3, 0.4) is 0 Å². The molecule has 1 amide bonds. The number of para-hydroxylation sites is 1. The first-order chi connectivity index (χ1) is 15.2. The lowest BCUT2D eigenvalue weighted by atomic mass is 9.96. The van der Waals surface area contributed by atoms with Crippen molar-refractivity contribution in [2.75, 3.05) is 14.2 Å². The van der Waals surface area contributed by atoms with Crippen LogP contribution in [0.4, 0.5) is 0 Å². The third-order valence-electron chi connectivity index (χ3n) is 6.08. The first-order valence-electron chi connectivity index (χ1n) is 11.1. The van der Waals surface area contributed by atoms with Crippen LogP contribution in [-0.2, 0) is 0 Å². The van der Waals surface area contributed by atoms with E-state index < -0.39 is 0 Å². The van der Waals surface area contributed by atoms with Crippen molar-refractivity contribution in [3.05, 3.63) is 54.1 Å². The Balaban J connectivity index is 1.70. The van der Waals surface area contributed by atoms with Crippen LogP contribution >= 0.6 is 0 Å². The van der Waals surface area contributed by atoms with E-state index in [4.69, 9.17) is 14.5 Å². The van der Waals surface area contributed by atoms with E-state index in [1.165, 1.54) is 32.1 Å². The van der Waals surface area contributed by atoms with Crippen LogP contribution in [0.5, 0.6) is 11.5 Å². The number of nitrogens with one attached hydrogen (secondary N) is 1. The van der Waals surface area contributed by atoms with E-state index in [0.29, 0.717) is 17.1 Å². The van der Waals surface area contributed by atoms with Gasteiger partial charge in [-0.3, -0.25) is 4.79 Å². The van der Waals surface area contributed by atoms with Gasteiger partial charge < -0.3 is 14.8 Å². The fourth-order valence-corrected chi connectivity index (χ4v) is 4.37. The van der Waals surface area contributed by atoms with Crippen LogP contribution < -0.4 is 14.8 Å². The molecule has 5 heteroatoms. The molecule has 3 aromatic rings. The Hall–Kier alpha value is -3.08. The van der Waals surface area contributed by atoms with Gasteiger partial charge in [0.05, 0.1) is 31.0 Å². The van der Waals surface area contributed by atoms with Gasteiger partial charge in [0.2, 0.25) is 0 Å². The van der Waals surface area contributed by atoms with E-state index in [1.807, 2.05) is 48.5 Å². The van der Waals surface area contributed by atoms with Gasteiger partial charge >= 0.3 is 0 Å². The number of hydrogen-bond acceptors (Lipinski definition) is 4. The predicted octanol–water partition coefficient (Wildman–Crippen LogP) is 5.76. The minimum absolute atomic E-state index is 0.0223. The second-order valence-electron chi connectivity index (χ2n) is 8.16. The summed E-state index contributed by atoms with van der Waals surface area (Å²) in [5.41, 5.74) is 3.08. The molecule has 1 fully saturated rings. The summed E-state index contributed by atoms with van der Waals surface area (Å²) in [6.45, 7) is 0. The number of carbonyl (C=O) groups excluding carboxylic acids is 1. The van der Waals surface area contributed by atoms with E-state index >= 15 is 0 Å². The van der Waals surface area contributed by atoms with E-state index in [-0.39, 0.29) is 11.9 Å². The summed E-state index contributed by atoms with van der Waals surface area (Å²) >= 11 is 0. The molecule has 0 spiro atoms. The van der Waals surface area contributed by atoms with Crippen LogP contribution in [-0.4, -0.2) is 31.2 Å². The van der Waals surface area contributed by atoms with Crippen molar-refractivity contribution in [2.24, 2.45) is 0 Å². The number of ether oxygens (including phenoxy) is 2. The zero-order valence-electron chi connectivity index (χ0n) is 18.3. The molecule has 0 bridgehead atoms. The summed E-state index contributed by atoms with van der Waals surface area (Å²) in [5, 5.41) is 4.17. The Labute approximate surface area is 183 Å². The lowest BCUT2D eigenvalue weighted by Crippen LogP contribution is -2.35. The zero-order valence-corrected chi connectivity index (χ0v) is 18.3. The molecule has 0 atom stereocenters.